The average Bonchev–Trinajstić information content (AvgIpc) is 3.33. The Morgan fingerprint density at radius 2 is 2.03 bits per heavy atom. The Bertz CT molecular complexity index is 1160. The Balaban J connectivity index is 1.78. The maximum Gasteiger partial charge on any atom is 0.422 e. The van der Waals surface area contributed by atoms with Gasteiger partial charge in [0.15, 0.2) is 18.1 Å². The molecule has 14 heteroatoms. The highest BCUT2D eigenvalue weighted by Gasteiger charge is 2.29. The first kappa shape index (κ1) is 24.7. The highest BCUT2D eigenvalue weighted by Crippen LogP contribution is 2.35. The molecule has 0 radical (unpaired) electrons. The molecule has 34 heavy (non-hydrogen) atoms. The van der Waals surface area contributed by atoms with Crippen LogP contribution in [0.1, 0.15) is 21.6 Å². The second kappa shape index (κ2) is 10.8. The molecule has 3 rings (SSSR count). The lowest BCUT2D eigenvalue weighted by Gasteiger charge is -2.14. The molecule has 1 N–H and O–H groups in total. The topological polar surface area (TPSA) is 126 Å². The van der Waals surface area contributed by atoms with Crippen LogP contribution in [-0.2, 0) is 13.2 Å². The third kappa shape index (κ3) is 6.54. The molecule has 10 nitrogen and oxygen atoms in total. The predicted molar refractivity (Wildman–Crippen MR) is 113 cm³/mol. The Morgan fingerprint density at radius 3 is 2.68 bits per heavy atom. The van der Waals surface area contributed by atoms with Gasteiger partial charge in [0.05, 0.1) is 29.3 Å². The quantitative estimate of drug-likeness (QED) is 0.330. The zero-order chi connectivity index (χ0) is 24.7. The molecule has 0 fully saturated rings. The van der Waals surface area contributed by atoms with Crippen LogP contribution in [0.25, 0.3) is 0 Å². The average molecular weight is 498 g/mol. The van der Waals surface area contributed by atoms with E-state index in [1.165, 1.54) is 36.8 Å². The van der Waals surface area contributed by atoms with Gasteiger partial charge in [-0.15, -0.1) is 11.3 Å². The number of halogens is 3. The normalized spacial score (nSPS) is 11.1. The van der Waals surface area contributed by atoms with Gasteiger partial charge in [0.1, 0.15) is 12.2 Å². The first-order valence-electron chi connectivity index (χ1n) is 9.46. The van der Waals surface area contributed by atoms with Gasteiger partial charge in [-0.1, -0.05) is 6.07 Å². The number of benzene rings is 1. The standard InChI is InChI=1S/C20H17F3N4O6S/c1-31-16-5-14(15(27(29)30)6-17(16)32-8-13-9-34-11-26-13)18(28)25-7-12-3-2-4-24-19(12)33-10-20(21,22)23/h2-6,9,11H,7-8,10H2,1H3,(H,25,28). The Labute approximate surface area is 194 Å². The molecule has 1 aromatic carbocycles. The minimum Gasteiger partial charge on any atom is -0.493 e. The first-order valence-corrected chi connectivity index (χ1v) is 10.4. The van der Waals surface area contributed by atoms with Crippen LogP contribution in [0.4, 0.5) is 18.9 Å². The lowest BCUT2D eigenvalue weighted by molar-refractivity contribution is -0.385. The van der Waals surface area contributed by atoms with Gasteiger partial charge < -0.3 is 19.5 Å². The van der Waals surface area contributed by atoms with E-state index in [2.05, 4.69) is 20.0 Å². The van der Waals surface area contributed by atoms with E-state index in [1.807, 2.05) is 0 Å². The van der Waals surface area contributed by atoms with Crippen molar-refractivity contribution >= 4 is 22.9 Å². The number of hydrogen-bond donors (Lipinski definition) is 1. The lowest BCUT2D eigenvalue weighted by Crippen LogP contribution is -2.25. The number of nitrogens with zero attached hydrogens (tertiary/aromatic N) is 3. The zero-order valence-corrected chi connectivity index (χ0v) is 18.3. The molecular formula is C20H17F3N4O6S. The minimum absolute atomic E-state index is 0.0320. The van der Waals surface area contributed by atoms with Crippen LogP contribution >= 0.6 is 11.3 Å². The number of hydrogen-bond acceptors (Lipinski definition) is 9. The SMILES string of the molecule is COc1cc(C(=O)NCc2cccnc2OCC(F)(F)F)c([N+](=O)[O-])cc1OCc1cscn1. The summed E-state index contributed by atoms with van der Waals surface area (Å²) >= 11 is 1.36. The largest absolute Gasteiger partial charge is 0.493 e. The van der Waals surface area contributed by atoms with Crippen molar-refractivity contribution in [3.8, 4) is 17.4 Å². The number of nitro groups is 1. The van der Waals surface area contributed by atoms with Gasteiger partial charge in [0, 0.05) is 29.8 Å². The Hall–Kier alpha value is -3.94. The summed E-state index contributed by atoms with van der Waals surface area (Å²) < 4.78 is 52.8. The van der Waals surface area contributed by atoms with E-state index >= 15 is 0 Å². The maximum atomic E-state index is 12.7. The smallest absolute Gasteiger partial charge is 0.422 e. The fraction of sp³-hybridized carbons (Fsp3) is 0.250. The minimum atomic E-state index is -4.57. The van der Waals surface area contributed by atoms with E-state index < -0.39 is 29.3 Å². The van der Waals surface area contributed by atoms with Crippen LogP contribution in [0.15, 0.2) is 41.4 Å². The summed E-state index contributed by atoms with van der Waals surface area (Å²) in [6.45, 7) is -1.82. The van der Waals surface area contributed by atoms with Crippen LogP contribution in [0.2, 0.25) is 0 Å². The molecule has 2 heterocycles. The van der Waals surface area contributed by atoms with Gasteiger partial charge >= 0.3 is 6.18 Å². The number of rotatable bonds is 10. The van der Waals surface area contributed by atoms with E-state index in [4.69, 9.17) is 9.47 Å². The molecule has 0 spiro atoms. The molecule has 2 aromatic heterocycles. The van der Waals surface area contributed by atoms with E-state index in [-0.39, 0.29) is 41.7 Å². The predicted octanol–water partition coefficient (Wildman–Crippen LogP) is 3.91. The first-order chi connectivity index (χ1) is 16.2. The van der Waals surface area contributed by atoms with Crippen LogP contribution in [0, 0.1) is 10.1 Å². The number of ether oxygens (including phenoxy) is 3. The Morgan fingerprint density at radius 1 is 1.24 bits per heavy atom. The molecule has 180 valence electrons. The molecule has 0 atom stereocenters. The highest BCUT2D eigenvalue weighted by atomic mass is 32.1. The summed E-state index contributed by atoms with van der Waals surface area (Å²) in [5, 5.41) is 15.8. The van der Waals surface area contributed by atoms with Gasteiger partial charge in [-0.05, 0) is 6.07 Å². The van der Waals surface area contributed by atoms with Crippen molar-refractivity contribution in [2.24, 2.45) is 0 Å². The second-order valence-corrected chi connectivity index (χ2v) is 7.32. The lowest BCUT2D eigenvalue weighted by atomic mass is 10.1. The molecule has 0 aliphatic heterocycles. The van der Waals surface area contributed by atoms with Crippen molar-refractivity contribution in [2.75, 3.05) is 13.7 Å². The van der Waals surface area contributed by atoms with Crippen LogP contribution in [0.3, 0.4) is 0 Å². The summed E-state index contributed by atoms with van der Waals surface area (Å²) in [5.74, 6) is -1.07. The highest BCUT2D eigenvalue weighted by molar-refractivity contribution is 7.07. The summed E-state index contributed by atoms with van der Waals surface area (Å²) in [4.78, 5) is 31.4. The number of nitro benzene ring substituents is 1. The number of carbonyl (C=O) groups is 1. The van der Waals surface area contributed by atoms with Gasteiger partial charge in [-0.2, -0.15) is 13.2 Å². The van der Waals surface area contributed by atoms with E-state index in [1.54, 1.807) is 10.9 Å². The molecule has 3 aromatic rings. The number of alkyl halides is 3. The number of aromatic nitrogens is 2. The van der Waals surface area contributed by atoms with E-state index in [0.717, 1.165) is 12.1 Å². The summed E-state index contributed by atoms with van der Waals surface area (Å²) in [6.07, 6.45) is -3.34. The molecule has 0 aliphatic carbocycles. The summed E-state index contributed by atoms with van der Waals surface area (Å²) in [7, 11) is 1.30. The van der Waals surface area contributed by atoms with Gasteiger partial charge in [-0.3, -0.25) is 14.9 Å². The number of amides is 1. The second-order valence-electron chi connectivity index (χ2n) is 6.60. The van der Waals surface area contributed by atoms with Crippen LogP contribution < -0.4 is 19.5 Å². The fourth-order valence-electron chi connectivity index (χ4n) is 2.72. The third-order valence-corrected chi connectivity index (χ3v) is 4.88. The van der Waals surface area contributed by atoms with Crippen LogP contribution in [0.5, 0.6) is 17.4 Å². The number of carbonyl (C=O) groups excluding carboxylic acids is 1. The van der Waals surface area contributed by atoms with Gasteiger partial charge in [-0.25, -0.2) is 9.97 Å². The van der Waals surface area contributed by atoms with Crippen molar-refractivity contribution < 1.29 is 37.1 Å². The third-order valence-electron chi connectivity index (χ3n) is 4.24. The molecule has 0 unspecified atom stereocenters. The zero-order valence-electron chi connectivity index (χ0n) is 17.5. The van der Waals surface area contributed by atoms with Crippen molar-refractivity contribution in [3.63, 3.8) is 0 Å². The van der Waals surface area contributed by atoms with Gasteiger partial charge in [0.25, 0.3) is 11.6 Å². The van der Waals surface area contributed by atoms with Crippen molar-refractivity contribution in [2.45, 2.75) is 19.3 Å². The summed E-state index contributed by atoms with van der Waals surface area (Å²) in [5.41, 5.74) is 1.48. The van der Waals surface area contributed by atoms with Crippen molar-refractivity contribution in [1.29, 1.82) is 0 Å². The van der Waals surface area contributed by atoms with Gasteiger partial charge in [0.2, 0.25) is 5.88 Å². The Kier molecular flexibility index (Phi) is 7.83. The molecule has 0 bridgehead atoms. The number of nitrogens with one attached hydrogen (secondary N) is 1. The van der Waals surface area contributed by atoms with Crippen molar-refractivity contribution in [1.82, 2.24) is 15.3 Å². The molecule has 0 saturated heterocycles. The molecule has 0 saturated carbocycles. The molecular weight excluding hydrogens is 481 g/mol. The fourth-order valence-corrected chi connectivity index (χ4v) is 3.27. The van der Waals surface area contributed by atoms with E-state index in [9.17, 15) is 28.1 Å². The monoisotopic (exact) mass is 498 g/mol. The number of thiazole rings is 1. The van der Waals surface area contributed by atoms with Crippen LogP contribution in [-0.4, -0.2) is 40.7 Å². The van der Waals surface area contributed by atoms with E-state index in [0.29, 0.717) is 5.69 Å². The number of pyridine rings is 1. The molecule has 0 aliphatic rings. The number of methoxy groups -OCH3 is 1. The maximum absolute atomic E-state index is 12.7. The summed E-state index contributed by atoms with van der Waals surface area (Å²) in [6, 6.07) is 5.06. The molecule has 1 amide bonds. The van der Waals surface area contributed by atoms with Crippen molar-refractivity contribution in [3.05, 3.63) is 68.3 Å².